The molecule has 0 fully saturated rings. The van der Waals surface area contributed by atoms with Crippen LogP contribution >= 0.6 is 0 Å². The van der Waals surface area contributed by atoms with Crippen LogP contribution in [0, 0.1) is 0 Å². The molecule has 2 atom stereocenters. The van der Waals surface area contributed by atoms with E-state index in [1.807, 2.05) is 54.7 Å². The molecule has 5 nitrogen and oxygen atoms in total. The Morgan fingerprint density at radius 3 is 2.67 bits per heavy atom. The molecule has 2 aromatic carbocycles. The molecule has 0 bridgehead atoms. The minimum absolute atomic E-state index is 0.0808. The lowest BCUT2D eigenvalue weighted by Crippen LogP contribution is -2.43. The Balaban J connectivity index is 1.56. The van der Waals surface area contributed by atoms with Crippen molar-refractivity contribution in [2.24, 2.45) is 0 Å². The molecule has 5 rings (SSSR count). The standard InChI is InChI=1S/C22H19N3O2/c1-26-17-10-8-15(9-11-17)22-25-20(18-6-2-3-7-21(18)27-22)13-19(24-25)16-5-4-12-23-14-16/h2-14,20,22,24H,1H3/t20-,22+/m1/s1. The van der Waals surface area contributed by atoms with Crippen LogP contribution in [0.3, 0.4) is 0 Å². The fourth-order valence-corrected chi connectivity index (χ4v) is 3.62. The van der Waals surface area contributed by atoms with Crippen LogP contribution in [-0.2, 0) is 0 Å². The van der Waals surface area contributed by atoms with Gasteiger partial charge in [0.25, 0.3) is 0 Å². The van der Waals surface area contributed by atoms with Gasteiger partial charge in [-0.1, -0.05) is 30.3 Å². The number of ether oxygens (including phenoxy) is 2. The quantitative estimate of drug-likeness (QED) is 0.765. The minimum Gasteiger partial charge on any atom is -0.497 e. The Bertz CT molecular complexity index is 986. The van der Waals surface area contributed by atoms with E-state index >= 15 is 0 Å². The number of rotatable bonds is 3. The number of para-hydroxylation sites is 1. The van der Waals surface area contributed by atoms with E-state index in [0.717, 1.165) is 33.9 Å². The van der Waals surface area contributed by atoms with Crippen molar-refractivity contribution >= 4 is 5.70 Å². The Morgan fingerprint density at radius 1 is 1.04 bits per heavy atom. The Kier molecular flexibility index (Phi) is 3.80. The largest absolute Gasteiger partial charge is 0.497 e. The van der Waals surface area contributed by atoms with Gasteiger partial charge in [-0.25, -0.2) is 0 Å². The number of hydrogen-bond donors (Lipinski definition) is 1. The van der Waals surface area contributed by atoms with Crippen LogP contribution in [0.1, 0.15) is 29.0 Å². The van der Waals surface area contributed by atoms with Gasteiger partial charge in [0.1, 0.15) is 11.5 Å². The second-order valence-electron chi connectivity index (χ2n) is 6.57. The third kappa shape index (κ3) is 2.73. The van der Waals surface area contributed by atoms with Gasteiger partial charge in [-0.15, -0.1) is 0 Å². The van der Waals surface area contributed by atoms with Crippen molar-refractivity contribution < 1.29 is 9.47 Å². The van der Waals surface area contributed by atoms with Crippen LogP contribution in [0.2, 0.25) is 0 Å². The van der Waals surface area contributed by atoms with Crippen molar-refractivity contribution in [2.45, 2.75) is 12.3 Å². The van der Waals surface area contributed by atoms with E-state index in [1.54, 1.807) is 13.3 Å². The first-order valence-electron chi connectivity index (χ1n) is 8.90. The monoisotopic (exact) mass is 357 g/mol. The molecule has 2 aliphatic heterocycles. The molecule has 0 radical (unpaired) electrons. The van der Waals surface area contributed by atoms with Gasteiger partial charge in [0.2, 0.25) is 0 Å². The third-order valence-corrected chi connectivity index (χ3v) is 4.98. The highest BCUT2D eigenvalue weighted by Crippen LogP contribution is 2.45. The molecular weight excluding hydrogens is 338 g/mol. The summed E-state index contributed by atoms with van der Waals surface area (Å²) in [5.41, 5.74) is 7.82. The lowest BCUT2D eigenvalue weighted by atomic mass is 10.0. The first-order valence-corrected chi connectivity index (χ1v) is 8.90. The summed E-state index contributed by atoms with van der Waals surface area (Å²) >= 11 is 0. The third-order valence-electron chi connectivity index (χ3n) is 4.98. The molecule has 0 saturated heterocycles. The van der Waals surface area contributed by atoms with Gasteiger partial charge >= 0.3 is 0 Å². The molecule has 1 aromatic heterocycles. The second kappa shape index (κ2) is 6.45. The van der Waals surface area contributed by atoms with Gasteiger partial charge < -0.3 is 14.9 Å². The fraction of sp³-hybridized carbons (Fsp3) is 0.136. The Hall–Kier alpha value is -3.31. The zero-order valence-corrected chi connectivity index (χ0v) is 14.9. The van der Waals surface area contributed by atoms with Crippen molar-refractivity contribution in [3.63, 3.8) is 0 Å². The number of methoxy groups -OCH3 is 1. The van der Waals surface area contributed by atoms with E-state index in [9.17, 15) is 0 Å². The lowest BCUT2D eigenvalue weighted by molar-refractivity contribution is -0.0326. The first-order chi connectivity index (χ1) is 13.3. The summed E-state index contributed by atoms with van der Waals surface area (Å²) in [6.07, 6.45) is 5.63. The van der Waals surface area contributed by atoms with Gasteiger partial charge in [0.05, 0.1) is 18.8 Å². The van der Waals surface area contributed by atoms with Crippen molar-refractivity contribution in [3.05, 3.63) is 95.8 Å². The SMILES string of the molecule is COc1ccc([C@@H]2Oc3ccccc3[C@H]3C=C(c4cccnc4)NN32)cc1. The summed E-state index contributed by atoms with van der Waals surface area (Å²) < 4.78 is 11.7. The van der Waals surface area contributed by atoms with Crippen LogP contribution in [0.4, 0.5) is 0 Å². The van der Waals surface area contributed by atoms with Crippen molar-refractivity contribution in [1.82, 2.24) is 15.4 Å². The smallest absolute Gasteiger partial charge is 0.195 e. The van der Waals surface area contributed by atoms with E-state index in [0.29, 0.717) is 0 Å². The maximum Gasteiger partial charge on any atom is 0.195 e. The van der Waals surface area contributed by atoms with Gasteiger partial charge in [0.15, 0.2) is 6.23 Å². The predicted molar refractivity (Wildman–Crippen MR) is 103 cm³/mol. The zero-order chi connectivity index (χ0) is 18.2. The lowest BCUT2D eigenvalue weighted by Gasteiger charge is -2.38. The summed E-state index contributed by atoms with van der Waals surface area (Å²) in [6, 6.07) is 20.3. The summed E-state index contributed by atoms with van der Waals surface area (Å²) in [6.45, 7) is 0. The molecule has 3 aromatic rings. The topological polar surface area (TPSA) is 46.6 Å². The molecule has 27 heavy (non-hydrogen) atoms. The van der Waals surface area contributed by atoms with Crippen molar-refractivity contribution in [1.29, 1.82) is 0 Å². The van der Waals surface area contributed by atoms with E-state index in [4.69, 9.17) is 9.47 Å². The van der Waals surface area contributed by atoms with Gasteiger partial charge in [-0.05, 0) is 36.4 Å². The second-order valence-corrected chi connectivity index (χ2v) is 6.57. The molecule has 0 spiro atoms. The van der Waals surface area contributed by atoms with E-state index in [-0.39, 0.29) is 12.3 Å². The Morgan fingerprint density at radius 2 is 1.89 bits per heavy atom. The maximum atomic E-state index is 6.36. The van der Waals surface area contributed by atoms with E-state index in [2.05, 4.69) is 33.6 Å². The summed E-state index contributed by atoms with van der Waals surface area (Å²) in [5.74, 6) is 1.74. The van der Waals surface area contributed by atoms with Crippen LogP contribution < -0.4 is 14.9 Å². The highest BCUT2D eigenvalue weighted by atomic mass is 16.5. The average Bonchev–Trinajstić information content (AvgIpc) is 3.20. The molecule has 0 aliphatic carbocycles. The molecule has 2 aliphatic rings. The maximum absolute atomic E-state index is 6.36. The Labute approximate surface area is 157 Å². The first kappa shape index (κ1) is 15.9. The van der Waals surface area contributed by atoms with Gasteiger partial charge in [-0.2, -0.15) is 5.01 Å². The fourth-order valence-electron chi connectivity index (χ4n) is 3.62. The summed E-state index contributed by atoms with van der Waals surface area (Å²) in [5, 5.41) is 2.15. The average molecular weight is 357 g/mol. The number of hydrazine groups is 1. The van der Waals surface area contributed by atoms with Gasteiger partial charge in [-0.3, -0.25) is 4.98 Å². The molecule has 134 valence electrons. The molecule has 0 amide bonds. The molecule has 1 N–H and O–H groups in total. The summed E-state index contributed by atoms with van der Waals surface area (Å²) in [7, 11) is 1.67. The number of benzene rings is 2. The summed E-state index contributed by atoms with van der Waals surface area (Å²) in [4.78, 5) is 4.24. The van der Waals surface area contributed by atoms with E-state index < -0.39 is 0 Å². The van der Waals surface area contributed by atoms with Crippen molar-refractivity contribution in [3.8, 4) is 11.5 Å². The highest BCUT2D eigenvalue weighted by molar-refractivity contribution is 5.66. The molecular formula is C22H19N3O2. The van der Waals surface area contributed by atoms with Crippen LogP contribution in [0.5, 0.6) is 11.5 Å². The number of pyridine rings is 1. The van der Waals surface area contributed by atoms with Crippen molar-refractivity contribution in [2.75, 3.05) is 7.11 Å². The minimum atomic E-state index is -0.249. The number of fused-ring (bicyclic) bond motifs is 3. The molecule has 0 saturated carbocycles. The number of nitrogens with zero attached hydrogens (tertiary/aromatic N) is 2. The molecule has 0 unspecified atom stereocenters. The molecule has 3 heterocycles. The van der Waals surface area contributed by atoms with Crippen LogP contribution in [0.25, 0.3) is 5.70 Å². The number of nitrogens with one attached hydrogen (secondary N) is 1. The van der Waals surface area contributed by atoms with E-state index in [1.165, 1.54) is 0 Å². The molecule has 5 heteroatoms. The normalized spacial score (nSPS) is 20.7. The van der Waals surface area contributed by atoms with Gasteiger partial charge in [0, 0.05) is 29.1 Å². The number of aromatic nitrogens is 1. The highest BCUT2D eigenvalue weighted by Gasteiger charge is 2.39. The number of hydrogen-bond acceptors (Lipinski definition) is 5. The zero-order valence-electron chi connectivity index (χ0n) is 14.9. The predicted octanol–water partition coefficient (Wildman–Crippen LogP) is 4.08. The van der Waals surface area contributed by atoms with Crippen LogP contribution in [0.15, 0.2) is 79.1 Å². The van der Waals surface area contributed by atoms with Crippen LogP contribution in [-0.4, -0.2) is 17.1 Å².